The quantitative estimate of drug-likeness (QED) is 0.0747. The van der Waals surface area contributed by atoms with Crippen LogP contribution in [0.1, 0.15) is 26.3 Å². The molecule has 0 fully saturated rings. The lowest BCUT2D eigenvalue weighted by Crippen LogP contribution is -2.78. The van der Waals surface area contributed by atoms with E-state index < -0.39 is 16.1 Å². The zero-order valence-electron chi connectivity index (χ0n) is 62.8. The normalized spacial score (nSPS) is 12.5. The second-order valence-electron chi connectivity index (χ2n) is 31.1. The first-order chi connectivity index (χ1) is 55.1. The highest BCUT2D eigenvalue weighted by atomic mass is 32.2. The molecule has 0 aliphatic carbocycles. The van der Waals surface area contributed by atoms with Gasteiger partial charge >= 0.3 is 0 Å². The SMILES string of the molecule is CC(C)(C)c1cc2c3c(c1)N(c1cc(-c4ccccc4)cc(-c4ccccc4)c1)c1cc(-n4c5ccccc5c5ccccc54)ccc1B3c1cc(-c3cc([Si](c4ccccc4)(c4ccccc4)c4cccc(-c5ccccc5)c4)cc([Si](c4ccccc4)(c4ccccc4)c4cccc(-c5ccccc5)c4)c3)ccc1S2. The van der Waals surface area contributed by atoms with Crippen LogP contribution in [0.3, 0.4) is 0 Å². The minimum absolute atomic E-state index is 0.159. The molecule has 0 unspecified atom stereocenters. The molecule has 3 heterocycles. The van der Waals surface area contributed by atoms with Gasteiger partial charge in [0.15, 0.2) is 16.1 Å². The van der Waals surface area contributed by atoms with Crippen molar-refractivity contribution >= 4 is 131 Å². The maximum atomic E-state index is 2.71. The number of fused-ring (bicyclic) bond motifs is 7. The molecule has 17 aromatic carbocycles. The van der Waals surface area contributed by atoms with Crippen molar-refractivity contribution in [2.24, 2.45) is 0 Å². The van der Waals surface area contributed by atoms with Crippen LogP contribution in [-0.2, 0) is 5.41 Å². The van der Waals surface area contributed by atoms with E-state index in [-0.39, 0.29) is 12.1 Å². The standard InChI is InChI=1S/C106H79BN2SSi2/c1-106(2,3)84-70-102-105-104(71-84)110-103-61-58-80(69-98(103)107(105)97-60-59-85(108-99-56-30-28-54-95(99)96-55-29-31-57-100(96)108)72-101(97)109(102)86-63-81(76-38-16-6-17-39-76)62-82(64-86)77-40-18-7-19-41-77)83-67-93(111(87-44-20-8-21-45-87,88-46-22-9-23-47-88)91-52-32-42-78(65-91)74-34-12-4-13-35-74)73-94(68-83)112(89-48-24-10-25-49-89,90-50-26-11-27-51-90)92-53-33-43-79(66-92)75-36-14-5-15-37-75/h4-73H,1-3H3. The molecule has 0 N–H and O–H groups in total. The number of para-hydroxylation sites is 2. The molecular formula is C106H79BN2SSi2. The number of benzene rings is 17. The fourth-order valence-electron chi connectivity index (χ4n) is 18.4. The first-order valence-electron chi connectivity index (χ1n) is 39.0. The van der Waals surface area contributed by atoms with Gasteiger partial charge in [0.05, 0.1) is 11.0 Å². The summed E-state index contributed by atoms with van der Waals surface area (Å²) in [5, 5.41) is 13.0. The lowest BCUT2D eigenvalue weighted by Gasteiger charge is -2.42. The third-order valence-corrected chi connectivity index (χ3v) is 34.2. The van der Waals surface area contributed by atoms with E-state index in [1.807, 2.05) is 11.8 Å². The molecule has 530 valence electrons. The van der Waals surface area contributed by atoms with Crippen molar-refractivity contribution in [3.8, 4) is 61.3 Å². The van der Waals surface area contributed by atoms with E-state index in [0.717, 1.165) is 28.2 Å². The monoisotopic (exact) mass is 1480 g/mol. The number of hydrogen-bond donors (Lipinski definition) is 0. The van der Waals surface area contributed by atoms with Gasteiger partial charge < -0.3 is 9.47 Å². The molecule has 0 radical (unpaired) electrons. The van der Waals surface area contributed by atoms with Crippen molar-refractivity contribution in [2.45, 2.75) is 36.0 Å². The fraction of sp³-hybridized carbons (Fsp3) is 0.0377. The van der Waals surface area contributed by atoms with Crippen molar-refractivity contribution in [3.63, 3.8) is 0 Å². The Morgan fingerprint density at radius 1 is 0.250 bits per heavy atom. The predicted octanol–water partition coefficient (Wildman–Crippen LogP) is 19.9. The number of rotatable bonds is 15. The molecule has 112 heavy (non-hydrogen) atoms. The predicted molar refractivity (Wildman–Crippen MR) is 484 cm³/mol. The molecule has 2 aliphatic heterocycles. The molecule has 0 atom stereocenters. The fourth-order valence-corrected chi connectivity index (χ4v) is 29.4. The largest absolute Gasteiger partial charge is 0.311 e. The Balaban J connectivity index is 0.890. The molecule has 2 aliphatic rings. The lowest BCUT2D eigenvalue weighted by atomic mass is 9.34. The number of hydrogen-bond acceptors (Lipinski definition) is 2. The minimum Gasteiger partial charge on any atom is -0.311 e. The van der Waals surface area contributed by atoms with E-state index in [2.05, 4.69) is 455 Å². The molecule has 0 amide bonds. The smallest absolute Gasteiger partial charge is 0.249 e. The Hall–Kier alpha value is -12.8. The topological polar surface area (TPSA) is 8.17 Å². The third kappa shape index (κ3) is 11.7. The zero-order valence-corrected chi connectivity index (χ0v) is 65.6. The number of aromatic nitrogens is 1. The first kappa shape index (κ1) is 68.5. The van der Waals surface area contributed by atoms with Crippen molar-refractivity contribution in [1.82, 2.24) is 4.57 Å². The van der Waals surface area contributed by atoms with E-state index in [9.17, 15) is 0 Å². The van der Waals surface area contributed by atoms with E-state index in [0.29, 0.717) is 0 Å². The molecular weight excluding hydrogens is 1400 g/mol. The van der Waals surface area contributed by atoms with Crippen molar-refractivity contribution < 1.29 is 0 Å². The maximum absolute atomic E-state index is 3.41. The van der Waals surface area contributed by atoms with Crippen LogP contribution in [0.4, 0.5) is 17.1 Å². The van der Waals surface area contributed by atoms with Crippen LogP contribution < -0.4 is 62.8 Å². The molecule has 0 bridgehead atoms. The van der Waals surface area contributed by atoms with Crippen LogP contribution in [0.15, 0.2) is 434 Å². The maximum Gasteiger partial charge on any atom is 0.249 e. The highest BCUT2D eigenvalue weighted by molar-refractivity contribution is 8.00. The summed E-state index contributed by atoms with van der Waals surface area (Å²) in [4.78, 5) is 5.21. The van der Waals surface area contributed by atoms with Gasteiger partial charge in [0, 0.05) is 43.3 Å². The van der Waals surface area contributed by atoms with E-state index >= 15 is 0 Å². The Morgan fingerprint density at radius 3 is 1.09 bits per heavy atom. The van der Waals surface area contributed by atoms with Crippen LogP contribution in [0.2, 0.25) is 0 Å². The van der Waals surface area contributed by atoms with Gasteiger partial charge in [0.25, 0.3) is 0 Å². The second-order valence-corrected chi connectivity index (χ2v) is 39.8. The summed E-state index contributed by atoms with van der Waals surface area (Å²) in [6, 6.07) is 163. The summed E-state index contributed by atoms with van der Waals surface area (Å²) in [6.45, 7) is 6.97. The summed E-state index contributed by atoms with van der Waals surface area (Å²) in [5.74, 6) is 0. The zero-order chi connectivity index (χ0) is 74.9. The van der Waals surface area contributed by atoms with Crippen LogP contribution in [0.5, 0.6) is 0 Å². The van der Waals surface area contributed by atoms with Crippen LogP contribution in [0, 0.1) is 0 Å². The molecule has 18 aromatic rings. The highest BCUT2D eigenvalue weighted by Crippen LogP contribution is 2.47. The minimum atomic E-state index is -3.41. The van der Waals surface area contributed by atoms with Gasteiger partial charge in [-0.05, 0) is 180 Å². The number of anilines is 3. The number of nitrogens with zero attached hydrogens (tertiary/aromatic N) is 2. The van der Waals surface area contributed by atoms with Crippen LogP contribution >= 0.6 is 11.8 Å². The van der Waals surface area contributed by atoms with E-state index in [1.54, 1.807) is 0 Å². The first-order valence-corrected chi connectivity index (χ1v) is 43.9. The summed E-state index contributed by atoms with van der Waals surface area (Å²) in [7, 11) is -6.82. The van der Waals surface area contributed by atoms with Crippen LogP contribution in [-0.4, -0.2) is 27.4 Å². The third-order valence-electron chi connectivity index (χ3n) is 23.6. The van der Waals surface area contributed by atoms with Gasteiger partial charge in [-0.3, -0.25) is 0 Å². The summed E-state index contributed by atoms with van der Waals surface area (Å²) < 4.78 is 2.50. The van der Waals surface area contributed by atoms with Crippen molar-refractivity contribution in [3.05, 3.63) is 430 Å². The molecule has 0 spiro atoms. The molecule has 0 saturated heterocycles. The summed E-state index contributed by atoms with van der Waals surface area (Å²) >= 11 is 1.94. The van der Waals surface area contributed by atoms with Gasteiger partial charge in [-0.15, -0.1) is 0 Å². The highest BCUT2D eigenvalue weighted by Gasteiger charge is 2.48. The molecule has 20 rings (SSSR count). The molecule has 0 saturated carbocycles. The van der Waals surface area contributed by atoms with Gasteiger partial charge in [-0.2, -0.15) is 0 Å². The summed E-state index contributed by atoms with van der Waals surface area (Å²) in [6.07, 6.45) is 0. The lowest BCUT2D eigenvalue weighted by molar-refractivity contribution is 0.589. The van der Waals surface area contributed by atoms with Gasteiger partial charge in [-0.25, -0.2) is 0 Å². The van der Waals surface area contributed by atoms with Crippen molar-refractivity contribution in [2.75, 3.05) is 4.90 Å². The second kappa shape index (κ2) is 28.3. The average Bonchev–Trinajstić information content (AvgIpc) is 0.760. The summed E-state index contributed by atoms with van der Waals surface area (Å²) in [5.41, 5.74) is 23.8. The molecule has 2 nitrogen and oxygen atoms in total. The Morgan fingerprint density at radius 2 is 0.634 bits per heavy atom. The van der Waals surface area contributed by atoms with Gasteiger partial charge in [0.1, 0.15) is 0 Å². The van der Waals surface area contributed by atoms with Crippen molar-refractivity contribution in [1.29, 1.82) is 0 Å². The average molecular weight is 1480 g/mol. The van der Waals surface area contributed by atoms with E-state index in [1.165, 1.54) is 145 Å². The molecule has 6 heteroatoms. The van der Waals surface area contributed by atoms with E-state index in [4.69, 9.17) is 0 Å². The van der Waals surface area contributed by atoms with Crippen LogP contribution in [0.25, 0.3) is 83.1 Å². The Bertz CT molecular complexity index is 6190. The Labute approximate surface area is 663 Å². The molecule has 1 aromatic heterocycles. The van der Waals surface area contributed by atoms with Gasteiger partial charge in [-0.1, -0.05) is 402 Å². The van der Waals surface area contributed by atoms with Gasteiger partial charge in [0.2, 0.25) is 6.71 Å². The Kier molecular flexibility index (Phi) is 17.3.